The van der Waals surface area contributed by atoms with E-state index >= 15 is 0 Å². The van der Waals surface area contributed by atoms with Gasteiger partial charge in [0, 0.05) is 30.7 Å². The van der Waals surface area contributed by atoms with Crippen LogP contribution in [0.5, 0.6) is 5.75 Å². The van der Waals surface area contributed by atoms with Crippen LogP contribution in [-0.2, 0) is 24.4 Å². The number of nitrogens with one attached hydrogen (secondary N) is 1. The summed E-state index contributed by atoms with van der Waals surface area (Å²) in [4.78, 5) is 46.7. The molecule has 0 aliphatic heterocycles. The van der Waals surface area contributed by atoms with Crippen molar-refractivity contribution < 1.29 is 9.53 Å². The van der Waals surface area contributed by atoms with Gasteiger partial charge >= 0.3 is 11.1 Å². The minimum absolute atomic E-state index is 0.172. The van der Waals surface area contributed by atoms with Gasteiger partial charge in [0.25, 0.3) is 0 Å². The highest BCUT2D eigenvalue weighted by atomic mass is 16.5. The number of rotatable bonds is 7. The number of benzene rings is 1. The third-order valence-electron chi connectivity index (χ3n) is 5.05. The van der Waals surface area contributed by atoms with Crippen molar-refractivity contribution in [2.24, 2.45) is 0 Å². The molecule has 9 nitrogen and oxygen atoms in total. The van der Waals surface area contributed by atoms with Gasteiger partial charge in [0.05, 0.1) is 19.2 Å². The summed E-state index contributed by atoms with van der Waals surface area (Å²) in [7, 11) is 1.56. The summed E-state index contributed by atoms with van der Waals surface area (Å²) < 4.78 is 7.76. The molecular formula is C23H21N5O4. The fourth-order valence-corrected chi connectivity index (χ4v) is 3.46. The van der Waals surface area contributed by atoms with Crippen molar-refractivity contribution >= 4 is 17.1 Å². The van der Waals surface area contributed by atoms with E-state index in [4.69, 9.17) is 4.74 Å². The number of aromatic nitrogens is 4. The Labute approximate surface area is 182 Å². The van der Waals surface area contributed by atoms with Gasteiger partial charge < -0.3 is 10.1 Å². The van der Waals surface area contributed by atoms with Gasteiger partial charge in [-0.15, -0.1) is 0 Å². The average Bonchev–Trinajstić information content (AvgIpc) is 2.84. The minimum Gasteiger partial charge on any atom is -0.496 e. The molecule has 1 aromatic carbocycles. The molecule has 0 aliphatic carbocycles. The number of pyridine rings is 2. The molecule has 9 heteroatoms. The first-order valence-electron chi connectivity index (χ1n) is 9.94. The molecule has 162 valence electrons. The van der Waals surface area contributed by atoms with Crippen LogP contribution in [0.4, 0.5) is 0 Å². The summed E-state index contributed by atoms with van der Waals surface area (Å²) in [5, 5.41) is 2.77. The van der Waals surface area contributed by atoms with Gasteiger partial charge in [-0.3, -0.25) is 28.5 Å². The largest absolute Gasteiger partial charge is 0.496 e. The normalized spacial score (nSPS) is 10.8. The van der Waals surface area contributed by atoms with E-state index in [1.165, 1.54) is 4.57 Å². The van der Waals surface area contributed by atoms with Crippen LogP contribution in [0.15, 0.2) is 76.7 Å². The van der Waals surface area contributed by atoms with E-state index in [2.05, 4.69) is 15.3 Å². The van der Waals surface area contributed by atoms with Crippen molar-refractivity contribution in [1.29, 1.82) is 0 Å². The van der Waals surface area contributed by atoms with Crippen LogP contribution >= 0.6 is 0 Å². The highest BCUT2D eigenvalue weighted by Gasteiger charge is 2.16. The van der Waals surface area contributed by atoms with E-state index in [9.17, 15) is 14.4 Å². The zero-order valence-electron chi connectivity index (χ0n) is 17.4. The lowest BCUT2D eigenvalue weighted by Crippen LogP contribution is -2.44. The molecule has 1 amide bonds. The first-order chi connectivity index (χ1) is 15.6. The highest BCUT2D eigenvalue weighted by molar-refractivity contribution is 5.78. The SMILES string of the molecule is COc1ccccc1CNC(=O)Cn1c(=O)c(=O)n(Cc2ccncc2)c2ncccc21. The molecule has 0 saturated carbocycles. The van der Waals surface area contributed by atoms with Gasteiger partial charge in [-0.1, -0.05) is 18.2 Å². The Morgan fingerprint density at radius 3 is 2.50 bits per heavy atom. The summed E-state index contributed by atoms with van der Waals surface area (Å²) in [6.07, 6.45) is 4.77. The zero-order chi connectivity index (χ0) is 22.5. The van der Waals surface area contributed by atoms with Crippen molar-refractivity contribution in [3.05, 3.63) is 99.0 Å². The molecule has 0 spiro atoms. The second kappa shape index (κ2) is 9.25. The Bertz CT molecular complexity index is 1380. The predicted molar refractivity (Wildman–Crippen MR) is 118 cm³/mol. The Kier molecular flexibility index (Phi) is 6.07. The van der Waals surface area contributed by atoms with Gasteiger partial charge in [-0.05, 0) is 35.9 Å². The maximum Gasteiger partial charge on any atom is 0.318 e. The lowest BCUT2D eigenvalue weighted by atomic mass is 10.2. The molecule has 4 aromatic rings. The topological polar surface area (TPSA) is 108 Å². The van der Waals surface area contributed by atoms with Crippen molar-refractivity contribution in [1.82, 2.24) is 24.4 Å². The lowest BCUT2D eigenvalue weighted by Gasteiger charge is -2.14. The fraction of sp³-hybridized carbons (Fsp3) is 0.174. The molecule has 1 N–H and O–H groups in total. The Morgan fingerprint density at radius 2 is 1.72 bits per heavy atom. The van der Waals surface area contributed by atoms with E-state index in [1.54, 1.807) is 56.0 Å². The molecular weight excluding hydrogens is 410 g/mol. The molecule has 0 bridgehead atoms. The first kappa shape index (κ1) is 21.0. The summed E-state index contributed by atoms with van der Waals surface area (Å²) in [6.45, 7) is 0.0966. The quantitative estimate of drug-likeness (QED) is 0.442. The second-order valence-corrected chi connectivity index (χ2v) is 7.07. The van der Waals surface area contributed by atoms with Gasteiger partial charge in [-0.2, -0.15) is 0 Å². The standard InChI is InChI=1S/C23H21N5O4/c1-32-19-7-3-2-5-17(19)13-26-20(29)15-27-18-6-4-10-25-21(18)28(23(31)22(27)30)14-16-8-11-24-12-9-16/h2-12H,13-15H2,1H3,(H,26,29). The molecule has 3 aromatic heterocycles. The Hall–Kier alpha value is -4.27. The predicted octanol–water partition coefficient (Wildman–Crippen LogP) is 1.33. The number of amides is 1. The van der Waals surface area contributed by atoms with Gasteiger partial charge in [-0.25, -0.2) is 4.98 Å². The van der Waals surface area contributed by atoms with E-state index in [1.807, 2.05) is 18.2 Å². The van der Waals surface area contributed by atoms with Crippen LogP contribution in [0, 0.1) is 0 Å². The van der Waals surface area contributed by atoms with Crippen molar-refractivity contribution in [2.75, 3.05) is 7.11 Å². The van der Waals surface area contributed by atoms with Crippen LogP contribution in [0.1, 0.15) is 11.1 Å². The molecule has 32 heavy (non-hydrogen) atoms. The van der Waals surface area contributed by atoms with E-state index < -0.39 is 17.0 Å². The molecule has 3 heterocycles. The fourth-order valence-electron chi connectivity index (χ4n) is 3.46. The number of para-hydroxylation sites is 1. The number of methoxy groups -OCH3 is 1. The molecule has 0 unspecified atom stereocenters. The van der Waals surface area contributed by atoms with Gasteiger partial charge in [0.15, 0.2) is 5.65 Å². The lowest BCUT2D eigenvalue weighted by molar-refractivity contribution is -0.121. The summed E-state index contributed by atoms with van der Waals surface area (Å²) in [5.74, 6) is 0.243. The maximum absolute atomic E-state index is 12.9. The third kappa shape index (κ3) is 4.27. The second-order valence-electron chi connectivity index (χ2n) is 7.07. The summed E-state index contributed by atoms with van der Waals surface area (Å²) in [6, 6.07) is 14.2. The summed E-state index contributed by atoms with van der Waals surface area (Å²) >= 11 is 0. The monoisotopic (exact) mass is 431 g/mol. The van der Waals surface area contributed by atoms with Crippen molar-refractivity contribution in [2.45, 2.75) is 19.6 Å². The first-order valence-corrected chi connectivity index (χ1v) is 9.94. The molecule has 4 rings (SSSR count). The van der Waals surface area contributed by atoms with E-state index in [0.717, 1.165) is 15.7 Å². The molecule has 0 atom stereocenters. The van der Waals surface area contributed by atoms with Crippen LogP contribution < -0.4 is 21.2 Å². The van der Waals surface area contributed by atoms with Crippen LogP contribution in [-0.4, -0.2) is 32.1 Å². The minimum atomic E-state index is -0.785. The van der Waals surface area contributed by atoms with Crippen molar-refractivity contribution in [3.8, 4) is 5.75 Å². The van der Waals surface area contributed by atoms with Crippen molar-refractivity contribution in [3.63, 3.8) is 0 Å². The van der Waals surface area contributed by atoms with E-state index in [-0.39, 0.29) is 19.6 Å². The summed E-state index contributed by atoms with van der Waals surface area (Å²) in [5.41, 5.74) is 0.804. The highest BCUT2D eigenvalue weighted by Crippen LogP contribution is 2.16. The van der Waals surface area contributed by atoms with Gasteiger partial charge in [0.1, 0.15) is 12.3 Å². The molecule has 0 fully saturated rings. The molecule has 0 radical (unpaired) electrons. The molecule has 0 aliphatic rings. The van der Waals surface area contributed by atoms with Gasteiger partial charge in [0.2, 0.25) is 5.91 Å². The zero-order valence-corrected chi connectivity index (χ0v) is 17.4. The van der Waals surface area contributed by atoms with Crippen LogP contribution in [0.3, 0.4) is 0 Å². The van der Waals surface area contributed by atoms with Crippen LogP contribution in [0.25, 0.3) is 11.2 Å². The maximum atomic E-state index is 12.9. The Balaban J connectivity index is 1.64. The Morgan fingerprint density at radius 1 is 0.969 bits per heavy atom. The number of ether oxygens (including phenoxy) is 1. The number of nitrogens with zero attached hydrogens (tertiary/aromatic N) is 4. The number of fused-ring (bicyclic) bond motifs is 1. The van der Waals surface area contributed by atoms with E-state index in [0.29, 0.717) is 16.9 Å². The third-order valence-corrected chi connectivity index (χ3v) is 5.05. The number of carbonyl (C=O) groups excluding carboxylic acids is 1. The average molecular weight is 431 g/mol. The van der Waals surface area contributed by atoms with Crippen LogP contribution in [0.2, 0.25) is 0 Å². The molecule has 0 saturated heterocycles. The smallest absolute Gasteiger partial charge is 0.318 e. The number of hydrogen-bond acceptors (Lipinski definition) is 6. The number of hydrogen-bond donors (Lipinski definition) is 1. The number of carbonyl (C=O) groups is 1.